The van der Waals surface area contributed by atoms with Crippen molar-refractivity contribution >= 4 is 11.9 Å². The zero-order valence-corrected chi connectivity index (χ0v) is 12.4. The minimum atomic E-state index is -0.980. The summed E-state index contributed by atoms with van der Waals surface area (Å²) in [7, 11) is 0. The maximum absolute atomic E-state index is 12.3. The van der Waals surface area contributed by atoms with Crippen LogP contribution < -0.4 is 0 Å². The van der Waals surface area contributed by atoms with Crippen molar-refractivity contribution in [2.75, 3.05) is 6.54 Å². The third kappa shape index (κ3) is 5.43. The zero-order valence-electron chi connectivity index (χ0n) is 12.4. The Balaban J connectivity index is 2.73. The number of aliphatic carboxylic acids is 1. The molecule has 110 valence electrons. The second-order valence-corrected chi connectivity index (χ2v) is 5.55. The summed E-state index contributed by atoms with van der Waals surface area (Å²) >= 11 is 0. The molecule has 0 radical (unpaired) electrons. The van der Waals surface area contributed by atoms with Gasteiger partial charge in [-0.15, -0.1) is 0 Å². The molecule has 1 unspecified atom stereocenters. The number of carbonyl (C=O) groups is 2. The first-order chi connectivity index (χ1) is 9.40. The SMILES string of the molecule is CC(C)C(C)CC(=O)N(CC(=O)O)Cc1ccccc1. The number of amides is 1. The molecular formula is C16H23NO3. The Bertz CT molecular complexity index is 442. The van der Waals surface area contributed by atoms with E-state index in [2.05, 4.69) is 13.8 Å². The molecule has 0 spiro atoms. The second-order valence-electron chi connectivity index (χ2n) is 5.55. The van der Waals surface area contributed by atoms with Gasteiger partial charge in [-0.3, -0.25) is 9.59 Å². The fourth-order valence-corrected chi connectivity index (χ4v) is 1.84. The highest BCUT2D eigenvalue weighted by Crippen LogP contribution is 2.16. The van der Waals surface area contributed by atoms with Crippen LogP contribution in [0.3, 0.4) is 0 Å². The Morgan fingerprint density at radius 1 is 1.15 bits per heavy atom. The van der Waals surface area contributed by atoms with Gasteiger partial charge in [0.25, 0.3) is 0 Å². The van der Waals surface area contributed by atoms with E-state index < -0.39 is 5.97 Å². The molecule has 4 heteroatoms. The summed E-state index contributed by atoms with van der Waals surface area (Å²) in [5.74, 6) is -0.430. The average molecular weight is 277 g/mol. The van der Waals surface area contributed by atoms with Gasteiger partial charge in [-0.05, 0) is 17.4 Å². The topological polar surface area (TPSA) is 57.6 Å². The summed E-state index contributed by atoms with van der Waals surface area (Å²) in [6, 6.07) is 9.46. The number of hydrogen-bond acceptors (Lipinski definition) is 2. The number of benzene rings is 1. The van der Waals surface area contributed by atoms with E-state index in [1.165, 1.54) is 4.90 Å². The maximum Gasteiger partial charge on any atom is 0.323 e. The number of nitrogens with zero attached hydrogens (tertiary/aromatic N) is 1. The van der Waals surface area contributed by atoms with Crippen LogP contribution >= 0.6 is 0 Å². The van der Waals surface area contributed by atoms with Gasteiger partial charge in [-0.2, -0.15) is 0 Å². The summed E-state index contributed by atoms with van der Waals surface area (Å²) in [5.41, 5.74) is 0.944. The lowest BCUT2D eigenvalue weighted by molar-refractivity contribution is -0.145. The third-order valence-corrected chi connectivity index (χ3v) is 3.53. The van der Waals surface area contributed by atoms with Gasteiger partial charge < -0.3 is 10.0 Å². The zero-order chi connectivity index (χ0) is 15.1. The quantitative estimate of drug-likeness (QED) is 0.833. The first kappa shape index (κ1) is 16.2. The number of carboxylic acids is 1. The van der Waals surface area contributed by atoms with Gasteiger partial charge >= 0.3 is 5.97 Å². The van der Waals surface area contributed by atoms with Crippen LogP contribution in [0.1, 0.15) is 32.8 Å². The van der Waals surface area contributed by atoms with Crippen molar-refractivity contribution in [3.63, 3.8) is 0 Å². The molecule has 0 saturated carbocycles. The van der Waals surface area contributed by atoms with E-state index in [4.69, 9.17) is 5.11 Å². The van der Waals surface area contributed by atoms with Crippen LogP contribution in [-0.2, 0) is 16.1 Å². The van der Waals surface area contributed by atoms with E-state index in [-0.39, 0.29) is 18.4 Å². The fourth-order valence-electron chi connectivity index (χ4n) is 1.84. The lowest BCUT2D eigenvalue weighted by Crippen LogP contribution is -2.36. The summed E-state index contributed by atoms with van der Waals surface area (Å²) in [6.45, 7) is 6.24. The molecule has 4 nitrogen and oxygen atoms in total. The van der Waals surface area contributed by atoms with Crippen molar-refractivity contribution in [3.8, 4) is 0 Å². The van der Waals surface area contributed by atoms with Crippen molar-refractivity contribution in [2.24, 2.45) is 11.8 Å². The molecule has 1 N–H and O–H groups in total. The van der Waals surface area contributed by atoms with Gasteiger partial charge in [-0.25, -0.2) is 0 Å². The molecule has 0 heterocycles. The Morgan fingerprint density at radius 3 is 2.25 bits per heavy atom. The highest BCUT2D eigenvalue weighted by Gasteiger charge is 2.20. The highest BCUT2D eigenvalue weighted by molar-refractivity contribution is 5.81. The van der Waals surface area contributed by atoms with E-state index in [1.54, 1.807) is 0 Å². The molecule has 0 fully saturated rings. The minimum absolute atomic E-state index is 0.0996. The molecule has 0 aliphatic heterocycles. The summed E-state index contributed by atoms with van der Waals surface area (Å²) < 4.78 is 0. The molecular weight excluding hydrogens is 254 g/mol. The first-order valence-corrected chi connectivity index (χ1v) is 6.93. The standard InChI is InChI=1S/C16H23NO3/c1-12(2)13(3)9-15(18)17(11-16(19)20)10-14-7-5-4-6-8-14/h4-8,12-13H,9-11H2,1-3H3,(H,19,20). The normalized spacial score (nSPS) is 12.2. The fraction of sp³-hybridized carbons (Fsp3) is 0.500. The van der Waals surface area contributed by atoms with Gasteiger partial charge in [0.2, 0.25) is 5.91 Å². The molecule has 1 aromatic carbocycles. The van der Waals surface area contributed by atoms with Crippen LogP contribution in [0.5, 0.6) is 0 Å². The van der Waals surface area contributed by atoms with E-state index in [9.17, 15) is 9.59 Å². The molecule has 1 amide bonds. The number of hydrogen-bond donors (Lipinski definition) is 1. The van der Waals surface area contributed by atoms with Crippen molar-refractivity contribution in [3.05, 3.63) is 35.9 Å². The monoisotopic (exact) mass is 277 g/mol. The van der Waals surface area contributed by atoms with Crippen LogP contribution in [0.4, 0.5) is 0 Å². The Kier molecular flexibility index (Phi) is 6.22. The predicted molar refractivity (Wildman–Crippen MR) is 78.1 cm³/mol. The average Bonchev–Trinajstić information content (AvgIpc) is 2.38. The molecule has 1 atom stereocenters. The van der Waals surface area contributed by atoms with E-state index >= 15 is 0 Å². The third-order valence-electron chi connectivity index (χ3n) is 3.53. The number of carboxylic acid groups (broad SMARTS) is 1. The van der Waals surface area contributed by atoms with Gasteiger partial charge in [0.1, 0.15) is 6.54 Å². The molecule has 0 saturated heterocycles. The maximum atomic E-state index is 12.3. The Labute approximate surface area is 120 Å². The molecule has 1 rings (SSSR count). The van der Waals surface area contributed by atoms with Crippen LogP contribution in [0.25, 0.3) is 0 Å². The number of rotatable bonds is 7. The second kappa shape index (κ2) is 7.68. The minimum Gasteiger partial charge on any atom is -0.480 e. The lowest BCUT2D eigenvalue weighted by Gasteiger charge is -2.24. The van der Waals surface area contributed by atoms with Crippen LogP contribution in [-0.4, -0.2) is 28.4 Å². The van der Waals surface area contributed by atoms with E-state index in [0.717, 1.165) is 5.56 Å². The highest BCUT2D eigenvalue weighted by atomic mass is 16.4. The van der Waals surface area contributed by atoms with Crippen molar-refractivity contribution in [1.29, 1.82) is 0 Å². The molecule has 0 aliphatic rings. The van der Waals surface area contributed by atoms with Crippen molar-refractivity contribution < 1.29 is 14.7 Å². The van der Waals surface area contributed by atoms with Gasteiger partial charge in [0, 0.05) is 13.0 Å². The van der Waals surface area contributed by atoms with Gasteiger partial charge in [0.15, 0.2) is 0 Å². The summed E-state index contributed by atoms with van der Waals surface area (Å²) in [4.78, 5) is 24.6. The van der Waals surface area contributed by atoms with Gasteiger partial charge in [-0.1, -0.05) is 51.1 Å². The van der Waals surface area contributed by atoms with Crippen molar-refractivity contribution in [2.45, 2.75) is 33.7 Å². The van der Waals surface area contributed by atoms with Crippen LogP contribution in [0.15, 0.2) is 30.3 Å². The van der Waals surface area contributed by atoms with Crippen LogP contribution in [0.2, 0.25) is 0 Å². The summed E-state index contributed by atoms with van der Waals surface area (Å²) in [6.07, 6.45) is 0.387. The molecule has 0 aromatic heterocycles. The van der Waals surface area contributed by atoms with Gasteiger partial charge in [0.05, 0.1) is 0 Å². The molecule has 1 aromatic rings. The van der Waals surface area contributed by atoms with E-state index in [0.29, 0.717) is 18.9 Å². The predicted octanol–water partition coefficient (Wildman–Crippen LogP) is 2.78. The lowest BCUT2D eigenvalue weighted by atomic mass is 9.94. The van der Waals surface area contributed by atoms with Crippen LogP contribution in [0, 0.1) is 11.8 Å². The molecule has 20 heavy (non-hydrogen) atoms. The number of carbonyl (C=O) groups excluding carboxylic acids is 1. The largest absolute Gasteiger partial charge is 0.480 e. The Morgan fingerprint density at radius 2 is 1.75 bits per heavy atom. The van der Waals surface area contributed by atoms with E-state index in [1.807, 2.05) is 37.3 Å². The Hall–Kier alpha value is -1.84. The molecule has 0 aliphatic carbocycles. The molecule has 0 bridgehead atoms. The smallest absolute Gasteiger partial charge is 0.323 e. The summed E-state index contributed by atoms with van der Waals surface area (Å²) in [5, 5.41) is 8.96. The van der Waals surface area contributed by atoms with Crippen molar-refractivity contribution in [1.82, 2.24) is 4.90 Å². The first-order valence-electron chi connectivity index (χ1n) is 6.93.